The molecule has 2 fully saturated rings. The minimum atomic E-state index is -0.994. The van der Waals surface area contributed by atoms with Crippen molar-refractivity contribution in [1.29, 1.82) is 0 Å². The minimum Gasteiger partial charge on any atom is -0.390 e. The average Bonchev–Trinajstić information content (AvgIpc) is 2.65. The molecule has 2 aliphatic rings. The highest BCUT2D eigenvalue weighted by atomic mass is 16.7. The molecule has 88 valence electrons. The van der Waals surface area contributed by atoms with Gasteiger partial charge in [0.15, 0.2) is 6.29 Å². The van der Waals surface area contributed by atoms with Gasteiger partial charge < -0.3 is 19.9 Å². The maximum absolute atomic E-state index is 11.0. The van der Waals surface area contributed by atoms with Gasteiger partial charge in [0.1, 0.15) is 6.04 Å². The highest BCUT2D eigenvalue weighted by Gasteiger charge is 2.50. The van der Waals surface area contributed by atoms with Crippen LogP contribution in [0.4, 0.5) is 0 Å². The van der Waals surface area contributed by atoms with Crippen molar-refractivity contribution < 1.29 is 19.4 Å². The first kappa shape index (κ1) is 11.2. The van der Waals surface area contributed by atoms with E-state index in [1.165, 1.54) is 6.92 Å². The van der Waals surface area contributed by atoms with Crippen molar-refractivity contribution in [3.8, 4) is 0 Å². The van der Waals surface area contributed by atoms with E-state index in [1.54, 1.807) is 0 Å². The van der Waals surface area contributed by atoms with E-state index in [0.29, 0.717) is 0 Å². The summed E-state index contributed by atoms with van der Waals surface area (Å²) in [5, 5.41) is 16.0. The van der Waals surface area contributed by atoms with Crippen LogP contribution in [-0.4, -0.2) is 48.2 Å². The molecular weight excluding hydrogens is 216 g/mol. The Balaban J connectivity index is 2.18. The van der Waals surface area contributed by atoms with Crippen LogP contribution in [-0.2, 0) is 14.3 Å². The van der Waals surface area contributed by atoms with Crippen molar-refractivity contribution >= 4 is 5.91 Å². The number of nitrogens with one attached hydrogen (secondary N) is 1. The number of fused-ring (bicyclic) bond motifs is 2. The van der Waals surface area contributed by atoms with Crippen molar-refractivity contribution in [3.63, 3.8) is 0 Å². The van der Waals surface area contributed by atoms with Crippen LogP contribution >= 0.6 is 0 Å². The van der Waals surface area contributed by atoms with E-state index in [0.717, 1.165) is 0 Å². The topological polar surface area (TPSA) is 117 Å². The van der Waals surface area contributed by atoms with Gasteiger partial charge in [-0.1, -0.05) is 5.11 Å². The van der Waals surface area contributed by atoms with Crippen molar-refractivity contribution in [3.05, 3.63) is 10.4 Å². The summed E-state index contributed by atoms with van der Waals surface area (Å²) in [4.78, 5) is 13.6. The Morgan fingerprint density at radius 3 is 3.06 bits per heavy atom. The van der Waals surface area contributed by atoms with Crippen molar-refractivity contribution in [2.75, 3.05) is 6.61 Å². The number of azide groups is 1. The monoisotopic (exact) mass is 228 g/mol. The van der Waals surface area contributed by atoms with Gasteiger partial charge in [0.25, 0.3) is 0 Å². The molecule has 2 N–H and O–H groups in total. The molecule has 0 saturated carbocycles. The summed E-state index contributed by atoms with van der Waals surface area (Å²) in [7, 11) is 0. The minimum absolute atomic E-state index is 0.251. The zero-order valence-electron chi connectivity index (χ0n) is 8.61. The summed E-state index contributed by atoms with van der Waals surface area (Å²) >= 11 is 0. The Labute approximate surface area is 91.1 Å². The van der Waals surface area contributed by atoms with Crippen molar-refractivity contribution in [2.45, 2.75) is 37.5 Å². The average molecular weight is 228 g/mol. The van der Waals surface area contributed by atoms with Gasteiger partial charge in [-0.3, -0.25) is 4.79 Å². The third-order valence-corrected chi connectivity index (χ3v) is 2.68. The predicted octanol–water partition coefficient (Wildman–Crippen LogP) is -0.714. The first-order valence-electron chi connectivity index (χ1n) is 4.90. The number of hydrogen-bond acceptors (Lipinski definition) is 5. The molecular formula is C8H12N4O4. The largest absolute Gasteiger partial charge is 0.390 e. The van der Waals surface area contributed by atoms with E-state index < -0.39 is 30.6 Å². The van der Waals surface area contributed by atoms with Crippen LogP contribution in [0.1, 0.15) is 6.92 Å². The molecule has 5 atom stereocenters. The van der Waals surface area contributed by atoms with E-state index in [9.17, 15) is 9.90 Å². The summed E-state index contributed by atoms with van der Waals surface area (Å²) in [5.74, 6) is -0.304. The predicted molar refractivity (Wildman–Crippen MR) is 51.2 cm³/mol. The molecule has 0 spiro atoms. The highest BCUT2D eigenvalue weighted by molar-refractivity contribution is 5.73. The fourth-order valence-corrected chi connectivity index (χ4v) is 1.99. The smallest absolute Gasteiger partial charge is 0.217 e. The molecule has 0 aromatic rings. The SMILES string of the molecule is CC(=O)N[C@H]1C(O)[C@H](N=[N+]=[N-])C2CO[C@@H]1O2. The molecule has 2 saturated heterocycles. The Bertz CT molecular complexity index is 343. The van der Waals surface area contributed by atoms with E-state index in [-0.39, 0.29) is 12.5 Å². The second kappa shape index (κ2) is 4.26. The number of carbonyl (C=O) groups excluding carboxylic acids is 1. The lowest BCUT2D eigenvalue weighted by molar-refractivity contribution is -0.154. The van der Waals surface area contributed by atoms with Gasteiger partial charge in [-0.15, -0.1) is 0 Å². The fraction of sp³-hybridized carbons (Fsp3) is 0.875. The second-order valence-electron chi connectivity index (χ2n) is 3.79. The summed E-state index contributed by atoms with van der Waals surface area (Å²) in [5.41, 5.74) is 8.39. The normalized spacial score (nSPS) is 41.2. The van der Waals surface area contributed by atoms with Gasteiger partial charge in [0, 0.05) is 11.8 Å². The fourth-order valence-electron chi connectivity index (χ4n) is 1.99. The summed E-state index contributed by atoms with van der Waals surface area (Å²) in [6.07, 6.45) is -2.11. The molecule has 0 aliphatic carbocycles. The van der Waals surface area contributed by atoms with Gasteiger partial charge in [-0.25, -0.2) is 0 Å². The van der Waals surface area contributed by atoms with Crippen LogP contribution in [0.15, 0.2) is 5.11 Å². The van der Waals surface area contributed by atoms with Crippen LogP contribution in [0.3, 0.4) is 0 Å². The van der Waals surface area contributed by atoms with Crippen LogP contribution < -0.4 is 5.32 Å². The molecule has 2 aliphatic heterocycles. The standard InChI is InChI=1S/C8H12N4O4/c1-3(13)10-6-7(14)5(11-12-9)4-2-15-8(6)16-4/h4-8,14H,2H2,1H3,(H,10,13)/t4?,5-,6+,7?,8-/m1/s1. The number of rotatable bonds is 2. The second-order valence-corrected chi connectivity index (χ2v) is 3.79. The maximum Gasteiger partial charge on any atom is 0.217 e. The molecule has 2 unspecified atom stereocenters. The number of nitrogens with zero attached hydrogens (tertiary/aromatic N) is 3. The number of aliphatic hydroxyl groups excluding tert-OH is 1. The number of hydrogen-bond donors (Lipinski definition) is 2. The lowest BCUT2D eigenvalue weighted by atomic mass is 9.97. The third kappa shape index (κ3) is 1.83. The van der Waals surface area contributed by atoms with Crippen molar-refractivity contribution in [1.82, 2.24) is 5.32 Å². The molecule has 16 heavy (non-hydrogen) atoms. The first-order chi connectivity index (χ1) is 7.63. The Kier molecular flexibility index (Phi) is 2.97. The van der Waals surface area contributed by atoms with Gasteiger partial charge in [-0.2, -0.15) is 0 Å². The van der Waals surface area contributed by atoms with E-state index in [2.05, 4.69) is 15.3 Å². The zero-order valence-corrected chi connectivity index (χ0v) is 8.61. The molecule has 0 radical (unpaired) electrons. The third-order valence-electron chi connectivity index (χ3n) is 2.68. The molecule has 8 heteroatoms. The Morgan fingerprint density at radius 1 is 1.69 bits per heavy atom. The number of aliphatic hydroxyl groups is 1. The lowest BCUT2D eigenvalue weighted by Crippen LogP contribution is -2.59. The molecule has 1 amide bonds. The van der Waals surface area contributed by atoms with Crippen LogP contribution in [0.2, 0.25) is 0 Å². The zero-order chi connectivity index (χ0) is 11.7. The Hall–Kier alpha value is -1.34. The van der Waals surface area contributed by atoms with Gasteiger partial charge >= 0.3 is 0 Å². The van der Waals surface area contributed by atoms with Crippen LogP contribution in [0.25, 0.3) is 10.4 Å². The summed E-state index contributed by atoms with van der Waals surface area (Å²) in [6, 6.07) is -1.44. The van der Waals surface area contributed by atoms with Gasteiger partial charge in [0.2, 0.25) is 5.91 Å². The molecule has 0 aromatic carbocycles. The number of ether oxygens (including phenoxy) is 2. The molecule has 0 aromatic heterocycles. The summed E-state index contributed by atoms with van der Waals surface area (Å²) in [6.45, 7) is 1.58. The van der Waals surface area contributed by atoms with E-state index in [1.807, 2.05) is 0 Å². The highest BCUT2D eigenvalue weighted by Crippen LogP contribution is 2.30. The van der Waals surface area contributed by atoms with Gasteiger partial charge in [0.05, 0.1) is 24.9 Å². The molecule has 2 bridgehead atoms. The quantitative estimate of drug-likeness (QED) is 0.368. The van der Waals surface area contributed by atoms with E-state index >= 15 is 0 Å². The molecule has 8 nitrogen and oxygen atoms in total. The number of amides is 1. The summed E-state index contributed by atoms with van der Waals surface area (Å²) < 4.78 is 10.6. The number of carbonyl (C=O) groups is 1. The van der Waals surface area contributed by atoms with Gasteiger partial charge in [-0.05, 0) is 5.53 Å². The molecule has 2 heterocycles. The Morgan fingerprint density at radius 2 is 2.44 bits per heavy atom. The lowest BCUT2D eigenvalue weighted by Gasteiger charge is -2.36. The van der Waals surface area contributed by atoms with E-state index in [4.69, 9.17) is 15.0 Å². The molecule has 2 rings (SSSR count). The van der Waals surface area contributed by atoms with Crippen LogP contribution in [0, 0.1) is 0 Å². The first-order valence-corrected chi connectivity index (χ1v) is 4.90. The van der Waals surface area contributed by atoms with Crippen molar-refractivity contribution in [2.24, 2.45) is 5.11 Å². The maximum atomic E-state index is 11.0. The van der Waals surface area contributed by atoms with Crippen LogP contribution in [0.5, 0.6) is 0 Å².